The van der Waals surface area contributed by atoms with Crippen LogP contribution in [0.1, 0.15) is 0 Å². The summed E-state index contributed by atoms with van der Waals surface area (Å²) in [6, 6.07) is -1.18. The molecule has 9 N–H and O–H groups in total. The van der Waals surface area contributed by atoms with Gasteiger partial charge in [0.1, 0.15) is 42.7 Å². The molecular weight excluding hydrogens is 318 g/mol. The van der Waals surface area contributed by atoms with Gasteiger partial charge in [-0.15, -0.1) is 0 Å². The largest absolute Gasteiger partial charge is 0.394 e. The number of ether oxygens (including phenoxy) is 3. The molecule has 0 aliphatic carbocycles. The Labute approximate surface area is 131 Å². The molecule has 2 aliphatic rings. The first-order chi connectivity index (χ1) is 10.8. The summed E-state index contributed by atoms with van der Waals surface area (Å²) in [7, 11) is 0. The SMILES string of the molecule is N[C@H]1[C@H](O)[C@@H](O[C@H]2O[C@H](CO)[C@@H](O)[C@H](O)[C@H]2O)O[C@H](CO)[C@H]1O. The second-order valence-corrected chi connectivity index (χ2v) is 5.62. The van der Waals surface area contributed by atoms with E-state index in [1.54, 1.807) is 0 Å². The average Bonchev–Trinajstić information content (AvgIpc) is 2.55. The summed E-state index contributed by atoms with van der Waals surface area (Å²) in [5.41, 5.74) is 5.62. The van der Waals surface area contributed by atoms with Crippen molar-refractivity contribution in [1.82, 2.24) is 0 Å². The van der Waals surface area contributed by atoms with Gasteiger partial charge < -0.3 is 55.7 Å². The van der Waals surface area contributed by atoms with Crippen LogP contribution in [0.25, 0.3) is 0 Å². The highest BCUT2D eigenvalue weighted by molar-refractivity contribution is 4.93. The molecule has 0 aromatic rings. The molecule has 0 bridgehead atoms. The summed E-state index contributed by atoms with van der Waals surface area (Å²) >= 11 is 0. The van der Waals surface area contributed by atoms with Gasteiger partial charge in [-0.3, -0.25) is 0 Å². The van der Waals surface area contributed by atoms with E-state index in [9.17, 15) is 25.5 Å². The molecule has 0 aromatic heterocycles. The fourth-order valence-electron chi connectivity index (χ4n) is 2.54. The Balaban J connectivity index is 2.07. The van der Waals surface area contributed by atoms with Crippen molar-refractivity contribution in [3.8, 4) is 0 Å². The van der Waals surface area contributed by atoms with Crippen LogP contribution in [0.2, 0.25) is 0 Å². The summed E-state index contributed by atoms with van der Waals surface area (Å²) < 4.78 is 15.5. The predicted molar refractivity (Wildman–Crippen MR) is 70.6 cm³/mol. The van der Waals surface area contributed by atoms with Crippen molar-refractivity contribution in [2.45, 2.75) is 61.3 Å². The lowest BCUT2D eigenvalue weighted by Crippen LogP contribution is -2.65. The minimum atomic E-state index is -1.68. The van der Waals surface area contributed by atoms with Gasteiger partial charge >= 0.3 is 0 Å². The van der Waals surface area contributed by atoms with Crippen LogP contribution in [0.15, 0.2) is 0 Å². The topological polar surface area (TPSA) is 195 Å². The van der Waals surface area contributed by atoms with Crippen LogP contribution in [-0.2, 0) is 14.2 Å². The maximum atomic E-state index is 9.96. The maximum Gasteiger partial charge on any atom is 0.189 e. The number of rotatable bonds is 4. The van der Waals surface area contributed by atoms with E-state index in [0.29, 0.717) is 0 Å². The zero-order valence-corrected chi connectivity index (χ0v) is 12.1. The van der Waals surface area contributed by atoms with E-state index in [1.165, 1.54) is 0 Å². The normalized spacial score (nSPS) is 51.7. The Morgan fingerprint density at radius 3 is 1.70 bits per heavy atom. The number of aliphatic hydroxyl groups is 7. The second-order valence-electron chi connectivity index (χ2n) is 5.62. The van der Waals surface area contributed by atoms with Crippen molar-refractivity contribution in [3.05, 3.63) is 0 Å². The summed E-state index contributed by atoms with van der Waals surface area (Å²) in [4.78, 5) is 0. The molecule has 11 nitrogen and oxygen atoms in total. The van der Waals surface area contributed by atoms with Crippen molar-refractivity contribution in [2.75, 3.05) is 13.2 Å². The zero-order chi connectivity index (χ0) is 17.3. The summed E-state index contributed by atoms with van der Waals surface area (Å²) in [6.45, 7) is -1.23. The summed E-state index contributed by atoms with van der Waals surface area (Å²) in [6.07, 6.45) is -13.0. The maximum absolute atomic E-state index is 9.96. The lowest BCUT2D eigenvalue weighted by atomic mass is 9.97. The Hall–Kier alpha value is -0.440. The molecular formula is C12H23NO10. The first-order valence-electron chi connectivity index (χ1n) is 7.15. The molecule has 0 spiro atoms. The van der Waals surface area contributed by atoms with E-state index in [0.717, 1.165) is 0 Å². The number of nitrogens with two attached hydrogens (primary N) is 1. The average molecular weight is 341 g/mol. The minimum Gasteiger partial charge on any atom is -0.394 e. The zero-order valence-electron chi connectivity index (χ0n) is 12.1. The Kier molecular flexibility index (Phi) is 6.27. The quantitative estimate of drug-likeness (QED) is 0.243. The molecule has 2 saturated heterocycles. The van der Waals surface area contributed by atoms with Crippen LogP contribution in [0.4, 0.5) is 0 Å². The highest BCUT2D eigenvalue weighted by Crippen LogP contribution is 2.27. The highest BCUT2D eigenvalue weighted by atomic mass is 16.8. The standard InChI is InChI=1S/C12H23NO10/c13-5-6(16)3(1-14)21-11(8(5)18)23-12-10(20)9(19)7(17)4(2-15)22-12/h3-12,14-20H,1-2,13H2/t3-,4-,5-,6-,7-,8+,9+,10-,11-,12-/m1/s1. The molecule has 23 heavy (non-hydrogen) atoms. The van der Waals surface area contributed by atoms with E-state index in [2.05, 4.69) is 0 Å². The third-order valence-corrected chi connectivity index (χ3v) is 4.05. The molecule has 0 radical (unpaired) electrons. The van der Waals surface area contributed by atoms with Gasteiger partial charge in [0.15, 0.2) is 12.6 Å². The molecule has 11 heteroatoms. The molecule has 0 aromatic carbocycles. The van der Waals surface area contributed by atoms with Crippen molar-refractivity contribution in [2.24, 2.45) is 5.73 Å². The lowest BCUT2D eigenvalue weighted by Gasteiger charge is -2.44. The van der Waals surface area contributed by atoms with Crippen molar-refractivity contribution in [1.29, 1.82) is 0 Å². The molecule has 0 saturated carbocycles. The van der Waals surface area contributed by atoms with Crippen LogP contribution in [-0.4, -0.2) is 110 Å². The van der Waals surface area contributed by atoms with Gasteiger partial charge in [0.25, 0.3) is 0 Å². The van der Waals surface area contributed by atoms with Gasteiger partial charge in [-0.05, 0) is 0 Å². The van der Waals surface area contributed by atoms with Crippen LogP contribution in [0.5, 0.6) is 0 Å². The second kappa shape index (κ2) is 7.63. The van der Waals surface area contributed by atoms with Crippen molar-refractivity contribution < 1.29 is 50.0 Å². The molecule has 0 unspecified atom stereocenters. The monoisotopic (exact) mass is 341 g/mol. The van der Waals surface area contributed by atoms with Gasteiger partial charge in [-0.1, -0.05) is 0 Å². The van der Waals surface area contributed by atoms with Crippen molar-refractivity contribution >= 4 is 0 Å². The Bertz CT molecular complexity index is 349. The third kappa shape index (κ3) is 3.65. The lowest BCUT2D eigenvalue weighted by molar-refractivity contribution is -0.368. The van der Waals surface area contributed by atoms with Crippen LogP contribution < -0.4 is 5.73 Å². The molecule has 2 aliphatic heterocycles. The number of hydrogen-bond acceptors (Lipinski definition) is 11. The first kappa shape index (κ1) is 18.9. The molecule has 0 amide bonds. The van der Waals surface area contributed by atoms with E-state index in [1.807, 2.05) is 0 Å². The van der Waals surface area contributed by atoms with E-state index >= 15 is 0 Å². The Morgan fingerprint density at radius 2 is 1.17 bits per heavy atom. The van der Waals surface area contributed by atoms with E-state index in [4.69, 9.17) is 30.2 Å². The van der Waals surface area contributed by atoms with E-state index < -0.39 is 74.6 Å². The summed E-state index contributed by atoms with van der Waals surface area (Å²) in [5, 5.41) is 67.1. The van der Waals surface area contributed by atoms with Crippen LogP contribution in [0.3, 0.4) is 0 Å². The molecule has 136 valence electrons. The Morgan fingerprint density at radius 1 is 0.696 bits per heavy atom. The predicted octanol–water partition coefficient (Wildman–Crippen LogP) is -5.43. The number of hydrogen-bond donors (Lipinski definition) is 8. The smallest absolute Gasteiger partial charge is 0.189 e. The van der Waals surface area contributed by atoms with Gasteiger partial charge in [0.2, 0.25) is 0 Å². The molecule has 2 fully saturated rings. The minimum absolute atomic E-state index is 0.587. The van der Waals surface area contributed by atoms with Gasteiger partial charge in [-0.2, -0.15) is 0 Å². The highest BCUT2D eigenvalue weighted by Gasteiger charge is 2.49. The third-order valence-electron chi connectivity index (χ3n) is 4.05. The van der Waals surface area contributed by atoms with Crippen LogP contribution >= 0.6 is 0 Å². The van der Waals surface area contributed by atoms with E-state index in [-0.39, 0.29) is 0 Å². The molecule has 10 atom stereocenters. The van der Waals surface area contributed by atoms with Gasteiger partial charge in [-0.25, -0.2) is 0 Å². The van der Waals surface area contributed by atoms with Crippen molar-refractivity contribution in [3.63, 3.8) is 0 Å². The van der Waals surface area contributed by atoms with Gasteiger partial charge in [0.05, 0.1) is 19.3 Å². The van der Waals surface area contributed by atoms with Gasteiger partial charge in [0, 0.05) is 0 Å². The fraction of sp³-hybridized carbons (Fsp3) is 1.00. The van der Waals surface area contributed by atoms with Crippen LogP contribution in [0, 0.1) is 0 Å². The summed E-state index contributed by atoms with van der Waals surface area (Å²) in [5.74, 6) is 0. The number of aliphatic hydroxyl groups excluding tert-OH is 7. The molecule has 2 heterocycles. The molecule has 2 rings (SSSR count). The fourth-order valence-corrected chi connectivity index (χ4v) is 2.54. The first-order valence-corrected chi connectivity index (χ1v) is 7.15.